The van der Waals surface area contributed by atoms with Crippen molar-refractivity contribution in [2.75, 3.05) is 26.2 Å². The van der Waals surface area contributed by atoms with Gasteiger partial charge in [0.25, 0.3) is 0 Å². The third-order valence-electron chi connectivity index (χ3n) is 4.61. The molecule has 20 heavy (non-hydrogen) atoms. The average molecular weight is 284 g/mol. The van der Waals surface area contributed by atoms with E-state index < -0.39 is 11.5 Å². The van der Waals surface area contributed by atoms with Gasteiger partial charge in [0.15, 0.2) is 0 Å². The van der Waals surface area contributed by atoms with Crippen LogP contribution in [0, 0.1) is 0 Å². The predicted octanol–water partition coefficient (Wildman–Crippen LogP) is 1.47. The molecule has 116 valence electrons. The Bertz CT molecular complexity index is 337. The van der Waals surface area contributed by atoms with Gasteiger partial charge in [-0.25, -0.2) is 0 Å². The standard InChI is InChI=1S/C15H28N2O3/c1-3-7-16-15(14(18)19)6-5-13(10-15)17-8-4-9-20-12(2)11-17/h12-13,16H,3-11H2,1-2H3,(H,18,19). The fourth-order valence-electron chi connectivity index (χ4n) is 3.48. The van der Waals surface area contributed by atoms with Crippen molar-refractivity contribution in [2.45, 2.75) is 63.6 Å². The molecule has 1 saturated carbocycles. The van der Waals surface area contributed by atoms with Crippen LogP contribution in [0.15, 0.2) is 0 Å². The maximum absolute atomic E-state index is 11.7. The molecule has 3 atom stereocenters. The highest BCUT2D eigenvalue weighted by Gasteiger charge is 2.46. The Balaban J connectivity index is 1.99. The Morgan fingerprint density at radius 2 is 2.35 bits per heavy atom. The number of carboxylic acids is 1. The van der Waals surface area contributed by atoms with Crippen molar-refractivity contribution < 1.29 is 14.6 Å². The van der Waals surface area contributed by atoms with E-state index in [1.165, 1.54) is 0 Å². The first-order chi connectivity index (χ1) is 9.57. The third kappa shape index (κ3) is 3.51. The summed E-state index contributed by atoms with van der Waals surface area (Å²) in [6.07, 6.45) is 4.68. The minimum Gasteiger partial charge on any atom is -0.480 e. The zero-order valence-corrected chi connectivity index (χ0v) is 12.7. The summed E-state index contributed by atoms with van der Waals surface area (Å²) in [4.78, 5) is 14.1. The molecular weight excluding hydrogens is 256 g/mol. The molecule has 0 aromatic carbocycles. The number of aliphatic carboxylic acids is 1. The van der Waals surface area contributed by atoms with E-state index in [0.717, 1.165) is 58.3 Å². The molecule has 0 spiro atoms. The van der Waals surface area contributed by atoms with Crippen LogP contribution in [-0.2, 0) is 9.53 Å². The van der Waals surface area contributed by atoms with Crippen LogP contribution in [-0.4, -0.2) is 59.9 Å². The molecule has 1 heterocycles. The maximum atomic E-state index is 11.7. The lowest BCUT2D eigenvalue weighted by atomic mass is 9.97. The molecule has 1 aliphatic heterocycles. The second-order valence-corrected chi connectivity index (χ2v) is 6.24. The average Bonchev–Trinajstić information content (AvgIpc) is 2.74. The van der Waals surface area contributed by atoms with E-state index in [1.807, 2.05) is 0 Å². The van der Waals surface area contributed by atoms with Crippen LogP contribution in [0.1, 0.15) is 46.0 Å². The number of rotatable bonds is 5. The summed E-state index contributed by atoms with van der Waals surface area (Å²) in [5.74, 6) is -0.687. The summed E-state index contributed by atoms with van der Waals surface area (Å²) in [6.45, 7) is 7.73. The molecule has 1 aliphatic carbocycles. The molecule has 2 fully saturated rings. The lowest BCUT2D eigenvalue weighted by Crippen LogP contribution is -2.52. The van der Waals surface area contributed by atoms with E-state index in [2.05, 4.69) is 24.1 Å². The number of nitrogens with zero attached hydrogens (tertiary/aromatic N) is 1. The second kappa shape index (κ2) is 6.87. The second-order valence-electron chi connectivity index (χ2n) is 6.24. The lowest BCUT2D eigenvalue weighted by molar-refractivity contribution is -0.144. The molecule has 0 bridgehead atoms. The summed E-state index contributed by atoms with van der Waals surface area (Å²) in [5.41, 5.74) is -0.711. The van der Waals surface area contributed by atoms with Gasteiger partial charge in [-0.2, -0.15) is 0 Å². The van der Waals surface area contributed by atoms with Gasteiger partial charge in [0.2, 0.25) is 0 Å². The first-order valence-corrected chi connectivity index (χ1v) is 7.91. The quantitative estimate of drug-likeness (QED) is 0.800. The van der Waals surface area contributed by atoms with E-state index in [-0.39, 0.29) is 6.10 Å². The first-order valence-electron chi connectivity index (χ1n) is 7.91. The van der Waals surface area contributed by atoms with Crippen LogP contribution >= 0.6 is 0 Å². The van der Waals surface area contributed by atoms with Crippen molar-refractivity contribution in [3.8, 4) is 0 Å². The Morgan fingerprint density at radius 1 is 1.55 bits per heavy atom. The molecule has 0 aromatic rings. The molecule has 1 saturated heterocycles. The van der Waals surface area contributed by atoms with Gasteiger partial charge in [-0.1, -0.05) is 6.92 Å². The van der Waals surface area contributed by atoms with Crippen molar-refractivity contribution in [3.63, 3.8) is 0 Å². The normalized spacial score (nSPS) is 35.9. The highest BCUT2D eigenvalue weighted by molar-refractivity contribution is 5.79. The van der Waals surface area contributed by atoms with Crippen LogP contribution in [0.25, 0.3) is 0 Å². The minimum absolute atomic E-state index is 0.251. The summed E-state index contributed by atoms with van der Waals surface area (Å²) in [7, 11) is 0. The summed E-state index contributed by atoms with van der Waals surface area (Å²) >= 11 is 0. The number of carbonyl (C=O) groups is 1. The summed E-state index contributed by atoms with van der Waals surface area (Å²) < 4.78 is 5.68. The fraction of sp³-hybridized carbons (Fsp3) is 0.933. The van der Waals surface area contributed by atoms with Crippen molar-refractivity contribution in [3.05, 3.63) is 0 Å². The lowest BCUT2D eigenvalue weighted by Gasteiger charge is -2.31. The SMILES string of the molecule is CCCNC1(C(=O)O)CCC(N2CCCOC(C)C2)C1. The molecule has 2 rings (SSSR count). The zero-order chi connectivity index (χ0) is 14.6. The maximum Gasteiger partial charge on any atom is 0.323 e. The summed E-state index contributed by atoms with van der Waals surface area (Å²) in [5, 5.41) is 12.9. The molecule has 3 unspecified atom stereocenters. The van der Waals surface area contributed by atoms with Crippen LogP contribution in [0.2, 0.25) is 0 Å². The topological polar surface area (TPSA) is 61.8 Å². The van der Waals surface area contributed by atoms with Crippen LogP contribution in [0.4, 0.5) is 0 Å². The van der Waals surface area contributed by atoms with E-state index in [1.54, 1.807) is 0 Å². The van der Waals surface area contributed by atoms with Gasteiger partial charge in [-0.15, -0.1) is 0 Å². The van der Waals surface area contributed by atoms with Gasteiger partial charge in [0.05, 0.1) is 6.10 Å². The van der Waals surface area contributed by atoms with E-state index in [4.69, 9.17) is 4.74 Å². The van der Waals surface area contributed by atoms with Gasteiger partial charge < -0.3 is 15.2 Å². The Morgan fingerprint density at radius 3 is 3.05 bits per heavy atom. The van der Waals surface area contributed by atoms with Gasteiger partial charge in [0, 0.05) is 25.7 Å². The van der Waals surface area contributed by atoms with Crippen LogP contribution in [0.5, 0.6) is 0 Å². The highest BCUT2D eigenvalue weighted by Crippen LogP contribution is 2.34. The molecule has 2 N–H and O–H groups in total. The fourth-order valence-corrected chi connectivity index (χ4v) is 3.48. The minimum atomic E-state index is -0.711. The number of hydrogen-bond acceptors (Lipinski definition) is 4. The summed E-state index contributed by atoms with van der Waals surface area (Å²) in [6, 6.07) is 0.375. The van der Waals surface area contributed by atoms with Crippen molar-refractivity contribution >= 4 is 5.97 Å². The Hall–Kier alpha value is -0.650. The van der Waals surface area contributed by atoms with E-state index >= 15 is 0 Å². The molecule has 2 aliphatic rings. The molecule has 0 amide bonds. The van der Waals surface area contributed by atoms with Gasteiger partial charge >= 0.3 is 5.97 Å². The first kappa shape index (κ1) is 15.7. The van der Waals surface area contributed by atoms with Crippen LogP contribution < -0.4 is 5.32 Å². The molecular formula is C15H28N2O3. The van der Waals surface area contributed by atoms with Crippen molar-refractivity contribution in [1.82, 2.24) is 10.2 Å². The predicted molar refractivity (Wildman–Crippen MR) is 77.9 cm³/mol. The number of ether oxygens (including phenoxy) is 1. The van der Waals surface area contributed by atoms with Gasteiger partial charge in [-0.05, 0) is 45.6 Å². The number of nitrogens with one attached hydrogen (secondary N) is 1. The molecule has 5 nitrogen and oxygen atoms in total. The molecule has 0 aromatic heterocycles. The Labute approximate surface area is 121 Å². The largest absolute Gasteiger partial charge is 0.480 e. The van der Waals surface area contributed by atoms with E-state index in [9.17, 15) is 9.90 Å². The smallest absolute Gasteiger partial charge is 0.323 e. The highest BCUT2D eigenvalue weighted by atomic mass is 16.5. The number of carboxylic acid groups (broad SMARTS) is 1. The van der Waals surface area contributed by atoms with Gasteiger partial charge in [-0.3, -0.25) is 9.69 Å². The molecule has 0 radical (unpaired) electrons. The van der Waals surface area contributed by atoms with Crippen molar-refractivity contribution in [2.24, 2.45) is 0 Å². The van der Waals surface area contributed by atoms with Crippen LogP contribution in [0.3, 0.4) is 0 Å². The Kier molecular flexibility index (Phi) is 5.41. The van der Waals surface area contributed by atoms with Crippen molar-refractivity contribution in [1.29, 1.82) is 0 Å². The number of hydrogen-bond donors (Lipinski definition) is 2. The monoisotopic (exact) mass is 284 g/mol. The third-order valence-corrected chi connectivity index (χ3v) is 4.61. The zero-order valence-electron chi connectivity index (χ0n) is 12.7. The van der Waals surface area contributed by atoms with E-state index in [0.29, 0.717) is 6.04 Å². The molecule has 5 heteroatoms. The van der Waals surface area contributed by atoms with Gasteiger partial charge in [0.1, 0.15) is 5.54 Å².